The molecule has 385 valence electrons. The molecule has 1 aliphatic carbocycles. The molecule has 9 radical (unpaired) electrons. The van der Waals surface area contributed by atoms with Gasteiger partial charge in [-0.1, -0.05) is 234 Å². The SMILES string of the molecule is CC.CC.[Y].[Y].[Y].[Y].[Y].[Y].[Y].[Y].[Y].c1cc2c3c(cccc3c1)-c1c(Cn3c4ccccc4c4ccccc43)nc(Cn3c4ccccc4c4ccccc43)nc1-2.c1ccc2c(c1)[n-]c1ccccc12.c1ccc2c(c1)[n-]c1ccccc12. The van der Waals surface area contributed by atoms with Crippen molar-refractivity contribution in [1.29, 1.82) is 0 Å². The molecule has 0 N–H and O–H groups in total. The molecule has 0 fully saturated rings. The standard InChI is InChI=1S/C40H26N4.2C12H8N.2C2H6.9Y/c1-5-19-33-26(13-1)27-14-2-6-20-34(27)43(33)23-32-39-30-17-9-11-25-12-10-18-31(38(25)30)40(39)42-37(41-32)24-44-35-21-7-3-15-28(35)29-16-4-8-22-36(29)44;2*1-3-7-11-9(5-1)10-6-2-4-8-12(10)13-11;2*1-2;;;;;;;;;/h1-22H,23-24H2;2*1-8H;2*1-2H3;;;;;;;;;/q;2*-1;;;;;;;;;;;. The summed E-state index contributed by atoms with van der Waals surface area (Å²) in [6, 6.07) is 80.9. The van der Waals surface area contributed by atoms with E-state index >= 15 is 0 Å². The van der Waals surface area contributed by atoms with E-state index < -0.39 is 0 Å². The Kier molecular flexibility index (Phi) is 34.4. The Labute approximate surface area is 712 Å². The van der Waals surface area contributed by atoms with Crippen molar-refractivity contribution in [3.63, 3.8) is 0 Å². The topological polar surface area (TPSA) is 63.8 Å². The largest absolute Gasteiger partial charge is 0.657 e. The van der Waals surface area contributed by atoms with E-state index in [4.69, 9.17) is 9.97 Å². The van der Waals surface area contributed by atoms with Gasteiger partial charge in [0.15, 0.2) is 0 Å². The number of nitrogens with zero attached hydrogens (tertiary/aromatic N) is 6. The second-order valence-electron chi connectivity index (χ2n) is 18.1. The van der Waals surface area contributed by atoms with E-state index in [2.05, 4.69) is 225 Å². The summed E-state index contributed by atoms with van der Waals surface area (Å²) >= 11 is 0. The van der Waals surface area contributed by atoms with E-state index in [1.807, 2.05) is 52.0 Å². The molecule has 10 aromatic carbocycles. The van der Waals surface area contributed by atoms with E-state index in [0.717, 1.165) is 44.8 Å². The van der Waals surface area contributed by atoms with Crippen LogP contribution in [0.15, 0.2) is 231 Å². The van der Waals surface area contributed by atoms with E-state index in [-0.39, 0.29) is 294 Å². The first-order valence-corrected chi connectivity index (χ1v) is 25.9. The van der Waals surface area contributed by atoms with Gasteiger partial charge in [0.25, 0.3) is 0 Å². The quantitative estimate of drug-likeness (QED) is 0.176. The second-order valence-corrected chi connectivity index (χ2v) is 18.1. The molecule has 83 heavy (non-hydrogen) atoms. The average Bonchev–Trinajstić information content (AvgIpc) is 3.25. The molecule has 0 aliphatic heterocycles. The van der Waals surface area contributed by atoms with Gasteiger partial charge in [-0.3, -0.25) is 0 Å². The maximum Gasteiger partial charge on any atom is 0.149 e. The Balaban J connectivity index is 0.000000385. The zero-order valence-electron chi connectivity index (χ0n) is 47.2. The molecule has 5 heterocycles. The van der Waals surface area contributed by atoms with Crippen molar-refractivity contribution in [3.05, 3.63) is 242 Å². The minimum atomic E-state index is 0. The number of fused-ring (bicyclic) bond motifs is 15. The summed E-state index contributed by atoms with van der Waals surface area (Å²) < 4.78 is 4.81. The van der Waals surface area contributed by atoms with Crippen molar-refractivity contribution in [2.75, 3.05) is 0 Å². The third kappa shape index (κ3) is 15.8. The Bertz CT molecular complexity index is 4230. The molecule has 0 saturated heterocycles. The fourth-order valence-corrected chi connectivity index (χ4v) is 11.1. The molecule has 15 aromatic rings. The molecule has 1 aliphatic rings. The van der Waals surface area contributed by atoms with Crippen molar-refractivity contribution in [1.82, 2.24) is 29.1 Å². The van der Waals surface area contributed by atoms with Crippen molar-refractivity contribution in [3.8, 4) is 22.4 Å². The number of aromatic nitrogens is 6. The molecule has 15 heteroatoms. The monoisotopic (exact) mass is 1750 g/mol. The summed E-state index contributed by atoms with van der Waals surface area (Å²) in [7, 11) is 0. The van der Waals surface area contributed by atoms with Crippen LogP contribution in [0.2, 0.25) is 0 Å². The molecule has 0 bridgehead atoms. The molecule has 0 spiro atoms. The van der Waals surface area contributed by atoms with Crippen LogP contribution in [0.5, 0.6) is 0 Å². The van der Waals surface area contributed by atoms with Gasteiger partial charge in [-0.2, -0.15) is 0 Å². The summed E-state index contributed by atoms with van der Waals surface area (Å²) in [5.74, 6) is 0.829. The van der Waals surface area contributed by atoms with Crippen molar-refractivity contribution in [2.24, 2.45) is 0 Å². The van der Waals surface area contributed by atoms with E-state index in [1.165, 1.54) is 87.1 Å². The van der Waals surface area contributed by atoms with E-state index in [1.54, 1.807) is 0 Å². The zero-order chi connectivity index (χ0) is 50.1. The predicted molar refractivity (Wildman–Crippen MR) is 313 cm³/mol. The average molecular weight is 1760 g/mol. The Morgan fingerprint density at radius 2 is 0.602 bits per heavy atom. The Morgan fingerprint density at radius 3 is 0.964 bits per heavy atom. The van der Waals surface area contributed by atoms with Gasteiger partial charge in [-0.25, -0.2) is 9.97 Å². The molecule has 0 saturated carbocycles. The molecule has 5 aromatic heterocycles. The van der Waals surface area contributed by atoms with Gasteiger partial charge in [0.2, 0.25) is 0 Å². The van der Waals surface area contributed by atoms with Crippen molar-refractivity contribution >= 4 is 98.0 Å². The molecule has 16 rings (SSSR count). The van der Waals surface area contributed by atoms with Crippen LogP contribution in [0.3, 0.4) is 0 Å². The van der Waals surface area contributed by atoms with Gasteiger partial charge >= 0.3 is 0 Å². The van der Waals surface area contributed by atoms with Crippen LogP contribution in [0, 0.1) is 0 Å². The van der Waals surface area contributed by atoms with Crippen LogP contribution in [0.25, 0.3) is 120 Å². The van der Waals surface area contributed by atoms with Gasteiger partial charge < -0.3 is 19.1 Å². The Hall–Kier alpha value is 0.675. The Morgan fingerprint density at radius 1 is 0.301 bits per heavy atom. The van der Waals surface area contributed by atoms with Gasteiger partial charge in [0, 0.05) is 349 Å². The fraction of sp³-hybridized carbons (Fsp3) is 0.0882. The van der Waals surface area contributed by atoms with E-state index in [9.17, 15) is 0 Å². The number of hydrogen-bond acceptors (Lipinski definition) is 2. The molecule has 0 atom stereocenters. The first kappa shape index (κ1) is 77.9. The van der Waals surface area contributed by atoms with Crippen LogP contribution >= 0.6 is 0 Å². The summed E-state index contributed by atoms with van der Waals surface area (Å²) in [5.41, 5.74) is 14.9. The molecule has 0 amide bonds. The zero-order valence-corrected chi connectivity index (χ0v) is 72.8. The minimum Gasteiger partial charge on any atom is -0.657 e. The van der Waals surface area contributed by atoms with E-state index in [0.29, 0.717) is 13.1 Å². The van der Waals surface area contributed by atoms with Gasteiger partial charge in [-0.15, -0.1) is 22.1 Å². The second kappa shape index (κ2) is 36.6. The third-order valence-corrected chi connectivity index (χ3v) is 14.1. The summed E-state index contributed by atoms with van der Waals surface area (Å²) in [5, 5.41) is 12.6. The maximum atomic E-state index is 5.44. The normalized spacial score (nSPS) is 10.1. The number of hydrogen-bond donors (Lipinski definition) is 0. The summed E-state index contributed by atoms with van der Waals surface area (Å²) in [4.78, 5) is 19.8. The molecular formula is C68H54N6Y9-2. The number of rotatable bonds is 4. The van der Waals surface area contributed by atoms with Crippen LogP contribution in [-0.4, -0.2) is 19.1 Å². The minimum absolute atomic E-state index is 0. The molecular weight excluding hydrogens is 1700 g/mol. The fourth-order valence-electron chi connectivity index (χ4n) is 11.1. The van der Waals surface area contributed by atoms with Gasteiger partial charge in [0.05, 0.1) is 24.5 Å². The van der Waals surface area contributed by atoms with Crippen LogP contribution in [-0.2, 0) is 307 Å². The van der Waals surface area contributed by atoms with Gasteiger partial charge in [-0.05, 0) is 62.1 Å². The maximum absolute atomic E-state index is 5.44. The van der Waals surface area contributed by atoms with Crippen molar-refractivity contribution in [2.45, 2.75) is 40.8 Å². The predicted octanol–water partition coefficient (Wildman–Crippen LogP) is 17.5. The van der Waals surface area contributed by atoms with Gasteiger partial charge in [0.1, 0.15) is 5.82 Å². The summed E-state index contributed by atoms with van der Waals surface area (Å²) in [6.07, 6.45) is 0. The first-order valence-electron chi connectivity index (χ1n) is 25.9. The molecule has 6 nitrogen and oxygen atoms in total. The van der Waals surface area contributed by atoms with Crippen LogP contribution in [0.4, 0.5) is 0 Å². The van der Waals surface area contributed by atoms with Crippen molar-refractivity contribution < 1.29 is 294 Å². The summed E-state index contributed by atoms with van der Waals surface area (Å²) in [6.45, 7) is 9.25. The number of para-hydroxylation sites is 8. The molecule has 0 unspecified atom stereocenters. The third-order valence-electron chi connectivity index (χ3n) is 14.1. The first-order chi connectivity index (χ1) is 36.7. The smallest absolute Gasteiger partial charge is 0.149 e. The number of benzene rings is 10. The van der Waals surface area contributed by atoms with Crippen LogP contribution in [0.1, 0.15) is 39.2 Å². The van der Waals surface area contributed by atoms with Crippen LogP contribution < -0.4 is 9.97 Å².